The molecule has 1 saturated heterocycles. The number of aromatic nitrogens is 1. The van der Waals surface area contributed by atoms with Crippen LogP contribution in [-0.4, -0.2) is 129 Å². The van der Waals surface area contributed by atoms with Crippen LogP contribution in [0.5, 0.6) is 28.9 Å². The summed E-state index contributed by atoms with van der Waals surface area (Å²) in [5, 5.41) is 38.5. The number of aromatic hydroxyl groups is 2. The highest BCUT2D eigenvalue weighted by molar-refractivity contribution is 6.01. The van der Waals surface area contributed by atoms with E-state index in [4.69, 9.17) is 28.4 Å². The summed E-state index contributed by atoms with van der Waals surface area (Å²) in [4.78, 5) is 60.4. The van der Waals surface area contributed by atoms with Gasteiger partial charge in [0.25, 0.3) is 11.8 Å². The Morgan fingerprint density at radius 3 is 2.12 bits per heavy atom. The highest BCUT2D eigenvalue weighted by Crippen LogP contribution is 2.57. The number of nitrogens with one attached hydrogen (secondary N) is 3. The van der Waals surface area contributed by atoms with Crippen LogP contribution in [0.25, 0.3) is 0 Å². The number of aliphatic hydroxyl groups excluding tert-OH is 1. The van der Waals surface area contributed by atoms with E-state index in [0.29, 0.717) is 55.1 Å². The van der Waals surface area contributed by atoms with Gasteiger partial charge in [-0.1, -0.05) is 13.8 Å². The van der Waals surface area contributed by atoms with Gasteiger partial charge in [0.1, 0.15) is 39.9 Å². The van der Waals surface area contributed by atoms with Crippen molar-refractivity contribution in [2.24, 2.45) is 11.8 Å². The van der Waals surface area contributed by atoms with Crippen molar-refractivity contribution >= 4 is 29.4 Å². The predicted molar refractivity (Wildman–Crippen MR) is 237 cm³/mol. The summed E-state index contributed by atoms with van der Waals surface area (Å²) in [6, 6.07) is 17.0. The molecular formula is C48H55N5O13. The molecular weight excluding hydrogens is 855 g/mol. The molecule has 1 aromatic heterocycles. The monoisotopic (exact) mass is 909 g/mol. The molecule has 6 N–H and O–H groups in total. The van der Waals surface area contributed by atoms with Crippen LogP contribution < -0.4 is 30.3 Å². The second-order valence-corrected chi connectivity index (χ2v) is 16.8. The molecule has 3 aromatic carbocycles. The lowest BCUT2D eigenvalue weighted by atomic mass is 9.77. The van der Waals surface area contributed by atoms with Crippen LogP contribution in [0.15, 0.2) is 66.7 Å². The Morgan fingerprint density at radius 1 is 0.833 bits per heavy atom. The molecule has 350 valence electrons. The summed E-state index contributed by atoms with van der Waals surface area (Å²) in [5.74, 6) is -0.755. The van der Waals surface area contributed by atoms with Crippen molar-refractivity contribution in [3.8, 4) is 28.9 Å². The number of methoxy groups -OCH3 is 1. The van der Waals surface area contributed by atoms with E-state index in [1.807, 2.05) is 13.8 Å². The Morgan fingerprint density at radius 2 is 1.50 bits per heavy atom. The van der Waals surface area contributed by atoms with E-state index in [0.717, 1.165) is 12.1 Å². The number of rotatable bonds is 21. The Bertz CT molecular complexity index is 2420. The molecule has 0 bridgehead atoms. The standard InChI is InChI=1S/C48H55N5O13/c1-4-47(5-2,52-43(58)38-12-13-39(53-24-33(25-53)61-3)44(51-38)64-27-30-20-29(30)26-54)46(60)50-15-17-63-19-18-62-16-14-49-42(57)28-6-9-34-37(21-28)48(66-45(34)59)35-10-7-31(55)22-40(35)65-41-23-32(56)8-11-36(41)48/h6-13,21-23,29-30,33,54-56H,4-5,14-20,24-27H2,1-3H3,(H,49,57)(H,50,60)(H,52,58)/t29-,30-/m1/s1. The maximum absolute atomic E-state index is 13.6. The number of anilines is 1. The molecule has 4 heterocycles. The number of carbonyl (C=O) groups excluding carboxylic acids is 4. The quantitative estimate of drug-likeness (QED) is 0.0516. The van der Waals surface area contributed by atoms with Crippen molar-refractivity contribution in [2.75, 3.05) is 77.8 Å². The van der Waals surface area contributed by atoms with E-state index >= 15 is 0 Å². The molecule has 1 spiro atoms. The van der Waals surface area contributed by atoms with Gasteiger partial charge in [0, 0.05) is 74.3 Å². The zero-order valence-corrected chi connectivity index (χ0v) is 37.1. The number of esters is 1. The minimum absolute atomic E-state index is 0.0676. The van der Waals surface area contributed by atoms with E-state index in [1.54, 1.807) is 37.4 Å². The first kappa shape index (κ1) is 46.1. The number of hydrogen-bond donors (Lipinski definition) is 6. The second kappa shape index (κ2) is 19.6. The van der Waals surface area contributed by atoms with Gasteiger partial charge in [0.15, 0.2) is 5.60 Å². The molecule has 1 saturated carbocycles. The second-order valence-electron chi connectivity index (χ2n) is 16.8. The third-order valence-electron chi connectivity index (χ3n) is 12.8. The Labute approximate surface area is 381 Å². The number of aliphatic hydroxyl groups is 1. The van der Waals surface area contributed by atoms with Gasteiger partial charge in [0.2, 0.25) is 11.8 Å². The lowest BCUT2D eigenvalue weighted by Gasteiger charge is -2.40. The van der Waals surface area contributed by atoms with Crippen LogP contribution >= 0.6 is 0 Å². The first-order chi connectivity index (χ1) is 31.9. The van der Waals surface area contributed by atoms with Crippen LogP contribution in [0.1, 0.15) is 81.0 Å². The first-order valence-electron chi connectivity index (χ1n) is 22.2. The van der Waals surface area contributed by atoms with Gasteiger partial charge in [-0.05, 0) is 85.7 Å². The van der Waals surface area contributed by atoms with Crippen molar-refractivity contribution in [2.45, 2.75) is 50.4 Å². The minimum atomic E-state index is -1.50. The molecule has 1 aliphatic carbocycles. The zero-order valence-electron chi connectivity index (χ0n) is 37.1. The van der Waals surface area contributed by atoms with Crippen LogP contribution in [0.2, 0.25) is 0 Å². The van der Waals surface area contributed by atoms with Gasteiger partial charge in [0.05, 0.1) is 44.7 Å². The van der Waals surface area contributed by atoms with Gasteiger partial charge < -0.3 is 64.6 Å². The molecule has 3 aliphatic heterocycles. The molecule has 66 heavy (non-hydrogen) atoms. The predicted octanol–water partition coefficient (Wildman–Crippen LogP) is 3.77. The Balaban J connectivity index is 0.781. The largest absolute Gasteiger partial charge is 0.508 e. The average Bonchev–Trinajstić information content (AvgIpc) is 4.02. The fraction of sp³-hybridized carbons (Fsp3) is 0.438. The molecule has 3 amide bonds. The first-order valence-corrected chi connectivity index (χ1v) is 22.2. The summed E-state index contributed by atoms with van der Waals surface area (Å²) >= 11 is 0. The molecule has 2 atom stereocenters. The highest BCUT2D eigenvalue weighted by atomic mass is 16.6. The lowest BCUT2D eigenvalue weighted by Crippen LogP contribution is -2.58. The number of ether oxygens (including phenoxy) is 6. The fourth-order valence-electron chi connectivity index (χ4n) is 8.61. The topological polar surface area (TPSA) is 237 Å². The highest BCUT2D eigenvalue weighted by Gasteiger charge is 2.54. The number of pyridine rings is 1. The lowest BCUT2D eigenvalue weighted by molar-refractivity contribution is -0.128. The number of amides is 3. The minimum Gasteiger partial charge on any atom is -0.508 e. The Kier molecular flexibility index (Phi) is 13.7. The zero-order chi connectivity index (χ0) is 46.6. The number of phenolic OH excluding ortho intramolecular Hbond substituents is 2. The number of nitrogens with zero attached hydrogens (tertiary/aromatic N) is 2. The van der Waals surface area contributed by atoms with Crippen LogP contribution in [0.3, 0.4) is 0 Å². The molecule has 0 unspecified atom stereocenters. The van der Waals surface area contributed by atoms with Crippen molar-refractivity contribution in [3.05, 3.63) is 100 Å². The molecule has 18 heteroatoms. The van der Waals surface area contributed by atoms with Gasteiger partial charge in [-0.2, -0.15) is 0 Å². The van der Waals surface area contributed by atoms with E-state index in [9.17, 15) is 34.5 Å². The van der Waals surface area contributed by atoms with Crippen molar-refractivity contribution in [1.29, 1.82) is 0 Å². The van der Waals surface area contributed by atoms with Crippen molar-refractivity contribution in [3.63, 3.8) is 0 Å². The molecule has 2 fully saturated rings. The van der Waals surface area contributed by atoms with Gasteiger partial charge in [-0.15, -0.1) is 0 Å². The van der Waals surface area contributed by atoms with Gasteiger partial charge in [-0.3, -0.25) is 14.4 Å². The smallest absolute Gasteiger partial charge is 0.340 e. The van der Waals surface area contributed by atoms with Crippen LogP contribution in [-0.2, 0) is 29.3 Å². The third kappa shape index (κ3) is 9.18. The molecule has 18 nitrogen and oxygen atoms in total. The van der Waals surface area contributed by atoms with Crippen molar-refractivity contribution < 1.29 is 62.9 Å². The molecule has 4 aromatic rings. The van der Waals surface area contributed by atoms with Gasteiger partial charge in [-0.25, -0.2) is 9.78 Å². The number of benzene rings is 3. The molecule has 8 rings (SSSR count). The summed E-state index contributed by atoms with van der Waals surface area (Å²) < 4.78 is 35.0. The molecule has 4 aliphatic rings. The maximum atomic E-state index is 13.6. The summed E-state index contributed by atoms with van der Waals surface area (Å²) in [7, 11) is 1.67. The summed E-state index contributed by atoms with van der Waals surface area (Å²) in [6.45, 7) is 6.71. The van der Waals surface area contributed by atoms with Crippen molar-refractivity contribution in [1.82, 2.24) is 20.9 Å². The van der Waals surface area contributed by atoms with Gasteiger partial charge >= 0.3 is 5.97 Å². The van der Waals surface area contributed by atoms with E-state index in [1.165, 1.54) is 36.4 Å². The van der Waals surface area contributed by atoms with E-state index < -0.39 is 28.9 Å². The fourth-order valence-corrected chi connectivity index (χ4v) is 8.61. The number of hydrogen-bond acceptors (Lipinski definition) is 15. The summed E-state index contributed by atoms with van der Waals surface area (Å²) in [6.07, 6.45) is 1.65. The van der Waals surface area contributed by atoms with Crippen LogP contribution in [0, 0.1) is 11.8 Å². The summed E-state index contributed by atoms with van der Waals surface area (Å²) in [5.41, 5.74) is 0.0299. The van der Waals surface area contributed by atoms with E-state index in [2.05, 4.69) is 25.8 Å². The number of fused-ring (bicyclic) bond motifs is 6. The Hall–Kier alpha value is -6.47. The SMILES string of the molecule is CCC(CC)(NC(=O)c1ccc(N2CC(OC)C2)c(OC[C@H]2C[C@@H]2CO)n1)C(=O)NCCOCCOCCNC(=O)c1ccc2c(c1)C1(OC2=O)c2ccc(O)cc2Oc2cc(O)ccc21. The normalized spacial score (nSPS) is 17.7. The average molecular weight is 910 g/mol. The third-order valence-corrected chi connectivity index (χ3v) is 12.8. The maximum Gasteiger partial charge on any atom is 0.340 e. The molecule has 0 radical (unpaired) electrons. The number of phenols is 2. The van der Waals surface area contributed by atoms with Crippen LogP contribution in [0.4, 0.5) is 5.69 Å². The van der Waals surface area contributed by atoms with E-state index in [-0.39, 0.29) is 110 Å². The number of carbonyl (C=O) groups is 4.